The normalized spacial score (nSPS) is 16.7. The first kappa shape index (κ1) is 36.6. The van der Waals surface area contributed by atoms with Crippen LogP contribution in [0.25, 0.3) is 0 Å². The van der Waals surface area contributed by atoms with Crippen LogP contribution in [0.3, 0.4) is 0 Å². The number of likely N-dealkylation sites (tertiary alicyclic amines) is 1. The van der Waals surface area contributed by atoms with Gasteiger partial charge in [0.05, 0.1) is 0 Å². The van der Waals surface area contributed by atoms with E-state index in [0.29, 0.717) is 31.9 Å². The summed E-state index contributed by atoms with van der Waals surface area (Å²) < 4.78 is 27.0. The fourth-order valence-corrected chi connectivity index (χ4v) is 5.74. The van der Waals surface area contributed by atoms with Crippen LogP contribution in [0.1, 0.15) is 89.4 Å². The molecule has 4 N–H and O–H groups in total. The second-order valence-corrected chi connectivity index (χ2v) is 11.5. The van der Waals surface area contributed by atoms with Crippen molar-refractivity contribution in [3.8, 4) is 0 Å². The zero-order valence-electron chi connectivity index (χ0n) is 26.3. The highest BCUT2D eigenvalue weighted by atomic mass is 19.1. The lowest BCUT2D eigenvalue weighted by Crippen LogP contribution is -2.59. The van der Waals surface area contributed by atoms with Crippen molar-refractivity contribution in [1.29, 1.82) is 0 Å². The smallest absolute Gasteiger partial charge is 0.265 e. The van der Waals surface area contributed by atoms with Crippen LogP contribution in [0.15, 0.2) is 18.2 Å². The number of carbonyl (C=O) groups excluding carboxylic acids is 5. The summed E-state index contributed by atoms with van der Waals surface area (Å²) in [7, 11) is 1.51. The monoisotopic (exact) mass is 623 g/mol. The molecule has 0 aliphatic carbocycles. The number of hydrogen-bond acceptors (Lipinski definition) is 6. The summed E-state index contributed by atoms with van der Waals surface area (Å²) in [5, 5.41) is 14.3. The molecule has 2 rings (SSSR count). The fourth-order valence-electron chi connectivity index (χ4n) is 5.74. The Labute approximate surface area is 258 Å². The van der Waals surface area contributed by atoms with Gasteiger partial charge in [0.1, 0.15) is 29.8 Å². The van der Waals surface area contributed by atoms with E-state index in [9.17, 15) is 38.0 Å². The minimum atomic E-state index is -1.31. The zero-order valence-corrected chi connectivity index (χ0v) is 26.3. The van der Waals surface area contributed by atoms with Crippen molar-refractivity contribution in [1.82, 2.24) is 25.9 Å². The van der Waals surface area contributed by atoms with Crippen LogP contribution >= 0.6 is 0 Å². The van der Waals surface area contributed by atoms with Crippen LogP contribution in [0.5, 0.6) is 0 Å². The van der Waals surface area contributed by atoms with E-state index in [1.54, 1.807) is 11.8 Å². The molecule has 1 saturated heterocycles. The molecule has 0 saturated carbocycles. The number of rotatable bonds is 16. The molecule has 0 bridgehead atoms. The van der Waals surface area contributed by atoms with Gasteiger partial charge < -0.3 is 20.4 Å². The molecule has 0 aromatic heterocycles. The number of nitrogens with one attached hydrogen (secondary N) is 3. The van der Waals surface area contributed by atoms with Gasteiger partial charge >= 0.3 is 0 Å². The predicted octanol–water partition coefficient (Wildman–Crippen LogP) is 3.16. The van der Waals surface area contributed by atoms with Crippen molar-refractivity contribution in [2.75, 3.05) is 20.1 Å². The molecule has 1 aliphatic heterocycles. The van der Waals surface area contributed by atoms with E-state index < -0.39 is 47.5 Å². The standard InChI is InChI=1S/C31H47F2N5O6/c1-6-10-20(11-7-2)30(42)38-15-9-12-25(38)31(43)37(5)26(19(4)8-3)29(41)35-24(28(40)36-44)13-14-34-27(39)21-16-22(32)18-23(33)17-21/h16-20,24-26,44H,6-15H2,1-5H3,(H,34,39)(H,35,41)(H,36,40)/t19?,24-,25?,26-/m0/s1. The number of carbonyl (C=O) groups is 5. The summed E-state index contributed by atoms with van der Waals surface area (Å²) in [5.41, 5.74) is 1.23. The molecule has 1 aromatic carbocycles. The summed E-state index contributed by atoms with van der Waals surface area (Å²) in [4.78, 5) is 68.6. The maximum atomic E-state index is 13.8. The van der Waals surface area contributed by atoms with Crippen LogP contribution in [0, 0.1) is 23.5 Å². The maximum Gasteiger partial charge on any atom is 0.265 e. The number of nitrogens with zero attached hydrogens (tertiary/aromatic N) is 2. The summed E-state index contributed by atoms with van der Waals surface area (Å²) in [5.74, 6) is -5.14. The Bertz CT molecular complexity index is 1140. The highest BCUT2D eigenvalue weighted by Crippen LogP contribution is 2.27. The van der Waals surface area contributed by atoms with Crippen molar-refractivity contribution >= 4 is 29.5 Å². The third-order valence-electron chi connectivity index (χ3n) is 8.25. The van der Waals surface area contributed by atoms with E-state index in [0.717, 1.165) is 37.8 Å². The van der Waals surface area contributed by atoms with Crippen molar-refractivity contribution in [3.05, 3.63) is 35.4 Å². The number of halogens is 2. The van der Waals surface area contributed by atoms with Crippen molar-refractivity contribution in [2.45, 2.75) is 97.2 Å². The Morgan fingerprint density at radius 2 is 1.61 bits per heavy atom. The third-order valence-corrected chi connectivity index (χ3v) is 8.25. The molecule has 0 spiro atoms. The van der Waals surface area contributed by atoms with E-state index in [2.05, 4.69) is 10.6 Å². The van der Waals surface area contributed by atoms with Gasteiger partial charge in [-0.25, -0.2) is 14.3 Å². The Balaban J connectivity index is 2.17. The van der Waals surface area contributed by atoms with Crippen molar-refractivity contribution < 1.29 is 38.0 Å². The van der Waals surface area contributed by atoms with Crippen LogP contribution in [0.4, 0.5) is 8.78 Å². The van der Waals surface area contributed by atoms with E-state index >= 15 is 0 Å². The molecular formula is C31H47F2N5O6. The minimum absolute atomic E-state index is 0.0369. The summed E-state index contributed by atoms with van der Waals surface area (Å²) in [6, 6.07) is -0.654. The van der Waals surface area contributed by atoms with Gasteiger partial charge in [0, 0.05) is 37.7 Å². The lowest BCUT2D eigenvalue weighted by molar-refractivity contribution is -0.150. The van der Waals surface area contributed by atoms with Gasteiger partial charge in [0.2, 0.25) is 17.7 Å². The predicted molar refractivity (Wildman–Crippen MR) is 159 cm³/mol. The largest absolute Gasteiger partial charge is 0.352 e. The van der Waals surface area contributed by atoms with Gasteiger partial charge in [-0.15, -0.1) is 0 Å². The summed E-state index contributed by atoms with van der Waals surface area (Å²) in [6.45, 7) is 7.99. The molecule has 4 atom stereocenters. The molecule has 1 aliphatic rings. The van der Waals surface area contributed by atoms with Crippen LogP contribution < -0.4 is 16.1 Å². The second kappa shape index (κ2) is 17.6. The Morgan fingerprint density at radius 3 is 2.16 bits per heavy atom. The van der Waals surface area contributed by atoms with Gasteiger partial charge in [0.25, 0.3) is 11.8 Å². The van der Waals surface area contributed by atoms with Gasteiger partial charge in [-0.1, -0.05) is 47.0 Å². The molecule has 0 radical (unpaired) electrons. The average Bonchev–Trinajstić information content (AvgIpc) is 3.48. The summed E-state index contributed by atoms with van der Waals surface area (Å²) in [6.07, 6.45) is 4.71. The van der Waals surface area contributed by atoms with Gasteiger partial charge in [0.15, 0.2) is 0 Å². The quantitative estimate of drug-likeness (QED) is 0.164. The number of amides is 5. The Kier molecular flexibility index (Phi) is 14.7. The molecule has 1 heterocycles. The van der Waals surface area contributed by atoms with Crippen LogP contribution in [0.2, 0.25) is 0 Å². The molecule has 11 nitrogen and oxygen atoms in total. The minimum Gasteiger partial charge on any atom is -0.352 e. The van der Waals surface area contributed by atoms with Gasteiger partial charge in [-0.05, 0) is 50.2 Å². The van der Waals surface area contributed by atoms with E-state index in [1.165, 1.54) is 17.4 Å². The Hall–Kier alpha value is -3.61. The molecule has 1 fully saturated rings. The molecular weight excluding hydrogens is 576 g/mol. The van der Waals surface area contributed by atoms with Gasteiger partial charge in [-0.2, -0.15) is 0 Å². The SMILES string of the molecule is CCCC(CCC)C(=O)N1CCCC1C(=O)N(C)[C@H](C(=O)N[C@@H](CCNC(=O)c1cc(F)cc(F)c1)C(=O)NO)C(C)CC. The second-order valence-electron chi connectivity index (χ2n) is 11.5. The fraction of sp³-hybridized carbons (Fsp3) is 0.645. The van der Waals surface area contributed by atoms with Crippen LogP contribution in [-0.4, -0.2) is 82.8 Å². The topological polar surface area (TPSA) is 148 Å². The molecule has 1 aromatic rings. The average molecular weight is 624 g/mol. The number of hydrogen-bond donors (Lipinski definition) is 4. The lowest BCUT2D eigenvalue weighted by Gasteiger charge is -2.36. The lowest BCUT2D eigenvalue weighted by atomic mass is 9.94. The first-order valence-electron chi connectivity index (χ1n) is 15.5. The van der Waals surface area contributed by atoms with Crippen molar-refractivity contribution in [3.63, 3.8) is 0 Å². The van der Waals surface area contributed by atoms with Gasteiger partial charge in [-0.3, -0.25) is 29.2 Å². The third kappa shape index (κ3) is 9.70. The Morgan fingerprint density at radius 1 is 1.00 bits per heavy atom. The van der Waals surface area contributed by atoms with Crippen LogP contribution in [-0.2, 0) is 19.2 Å². The molecule has 246 valence electrons. The number of likely N-dealkylation sites (N-methyl/N-ethyl adjacent to an activating group) is 1. The number of hydroxylamine groups is 1. The molecule has 2 unspecified atom stereocenters. The molecule has 44 heavy (non-hydrogen) atoms. The first-order valence-corrected chi connectivity index (χ1v) is 15.5. The highest BCUT2D eigenvalue weighted by molar-refractivity contribution is 5.95. The number of benzene rings is 1. The molecule has 5 amide bonds. The van der Waals surface area contributed by atoms with E-state index in [-0.39, 0.29) is 42.2 Å². The zero-order chi connectivity index (χ0) is 33.0. The van der Waals surface area contributed by atoms with E-state index in [1.807, 2.05) is 20.8 Å². The highest BCUT2D eigenvalue weighted by Gasteiger charge is 2.42. The maximum absolute atomic E-state index is 13.8. The summed E-state index contributed by atoms with van der Waals surface area (Å²) >= 11 is 0. The molecule has 13 heteroatoms. The first-order chi connectivity index (χ1) is 20.9. The van der Waals surface area contributed by atoms with Crippen molar-refractivity contribution in [2.24, 2.45) is 11.8 Å². The van der Waals surface area contributed by atoms with E-state index in [4.69, 9.17) is 0 Å².